The molecule has 0 fully saturated rings. The Kier molecular flexibility index (Phi) is 5.78. The summed E-state index contributed by atoms with van der Waals surface area (Å²) >= 11 is 0. The van der Waals surface area contributed by atoms with E-state index >= 15 is 0 Å². The molecule has 0 aliphatic carbocycles. The molecule has 2 heteroatoms. The van der Waals surface area contributed by atoms with Gasteiger partial charge in [-0.25, -0.2) is 0 Å². The van der Waals surface area contributed by atoms with Gasteiger partial charge in [-0.15, -0.1) is 6.58 Å². The van der Waals surface area contributed by atoms with Gasteiger partial charge in [0.2, 0.25) is 0 Å². The summed E-state index contributed by atoms with van der Waals surface area (Å²) in [6, 6.07) is 8.58. The molecule has 1 aromatic rings. The lowest BCUT2D eigenvalue weighted by atomic mass is 10.00. The second kappa shape index (κ2) is 7.13. The van der Waals surface area contributed by atoms with Crippen molar-refractivity contribution in [2.24, 2.45) is 0 Å². The molecule has 0 saturated heterocycles. The summed E-state index contributed by atoms with van der Waals surface area (Å²) in [5, 5.41) is 3.55. The highest BCUT2D eigenvalue weighted by Gasteiger charge is 2.11. The van der Waals surface area contributed by atoms with Crippen LogP contribution in [0.3, 0.4) is 0 Å². The van der Waals surface area contributed by atoms with Crippen LogP contribution in [0.5, 0.6) is 5.75 Å². The van der Waals surface area contributed by atoms with Gasteiger partial charge in [0.25, 0.3) is 0 Å². The van der Waals surface area contributed by atoms with Crippen LogP contribution in [-0.2, 0) is 0 Å². The molecule has 0 aliphatic rings. The van der Waals surface area contributed by atoms with Crippen LogP contribution in [-0.4, -0.2) is 13.7 Å². The van der Waals surface area contributed by atoms with Gasteiger partial charge in [-0.2, -0.15) is 0 Å². The van der Waals surface area contributed by atoms with Crippen LogP contribution in [0.1, 0.15) is 38.3 Å². The molecular formula is C15H23NO. The molecule has 0 bridgehead atoms. The van der Waals surface area contributed by atoms with Crippen LogP contribution < -0.4 is 10.1 Å². The molecule has 0 heterocycles. The monoisotopic (exact) mass is 233 g/mol. The van der Waals surface area contributed by atoms with Crippen LogP contribution in [0.25, 0.3) is 0 Å². The number of hydrogen-bond acceptors (Lipinski definition) is 2. The quantitative estimate of drug-likeness (QED) is 0.725. The number of methoxy groups -OCH3 is 1. The second-order valence-corrected chi connectivity index (χ2v) is 4.44. The van der Waals surface area contributed by atoms with Crippen molar-refractivity contribution >= 4 is 0 Å². The van der Waals surface area contributed by atoms with Crippen molar-refractivity contribution in [3.05, 3.63) is 42.0 Å². The minimum absolute atomic E-state index is 0.336. The van der Waals surface area contributed by atoms with Crippen LogP contribution in [0.15, 0.2) is 36.4 Å². The van der Waals surface area contributed by atoms with Crippen molar-refractivity contribution in [1.29, 1.82) is 0 Å². The van der Waals surface area contributed by atoms with Crippen molar-refractivity contribution < 1.29 is 4.74 Å². The maximum absolute atomic E-state index is 5.26. The molecule has 1 rings (SSSR count). The van der Waals surface area contributed by atoms with E-state index in [9.17, 15) is 0 Å². The molecule has 0 amide bonds. The lowest BCUT2D eigenvalue weighted by Gasteiger charge is -2.19. The summed E-state index contributed by atoms with van der Waals surface area (Å²) in [6.45, 7) is 9.27. The summed E-state index contributed by atoms with van der Waals surface area (Å²) in [5.41, 5.74) is 2.46. The maximum Gasteiger partial charge on any atom is 0.119 e. The smallest absolute Gasteiger partial charge is 0.119 e. The van der Waals surface area contributed by atoms with Crippen LogP contribution in [0.2, 0.25) is 0 Å². The molecule has 1 N–H and O–H groups in total. The van der Waals surface area contributed by atoms with Gasteiger partial charge in [0.15, 0.2) is 0 Å². The van der Waals surface area contributed by atoms with E-state index in [1.165, 1.54) is 11.1 Å². The lowest BCUT2D eigenvalue weighted by Crippen LogP contribution is -2.22. The first kappa shape index (κ1) is 13.8. The lowest BCUT2D eigenvalue weighted by molar-refractivity contribution is 0.412. The summed E-state index contributed by atoms with van der Waals surface area (Å²) in [6.07, 6.45) is 2.10. The van der Waals surface area contributed by atoms with E-state index < -0.39 is 0 Å². The summed E-state index contributed by atoms with van der Waals surface area (Å²) in [7, 11) is 1.70. The average molecular weight is 233 g/mol. The van der Waals surface area contributed by atoms with Gasteiger partial charge in [-0.1, -0.05) is 24.6 Å². The Morgan fingerprint density at radius 2 is 2.24 bits per heavy atom. The van der Waals surface area contributed by atoms with E-state index in [0.717, 1.165) is 25.1 Å². The summed E-state index contributed by atoms with van der Waals surface area (Å²) in [5.74, 6) is 0.910. The molecule has 0 aromatic heterocycles. The van der Waals surface area contributed by atoms with Crippen molar-refractivity contribution in [3.8, 4) is 5.75 Å². The fraction of sp³-hybridized carbons (Fsp3) is 0.467. The van der Waals surface area contributed by atoms with Gasteiger partial charge in [0.05, 0.1) is 7.11 Å². The number of rotatable bonds is 7. The highest BCUT2D eigenvalue weighted by Crippen LogP contribution is 2.23. The molecular weight excluding hydrogens is 210 g/mol. The Hall–Kier alpha value is -1.28. The van der Waals surface area contributed by atoms with Gasteiger partial charge >= 0.3 is 0 Å². The van der Waals surface area contributed by atoms with E-state index in [-0.39, 0.29) is 0 Å². The zero-order chi connectivity index (χ0) is 12.7. The van der Waals surface area contributed by atoms with Crippen molar-refractivity contribution in [2.75, 3.05) is 13.7 Å². The molecule has 0 spiro atoms. The molecule has 0 saturated carbocycles. The Balaban J connectivity index is 2.82. The SMILES string of the molecule is C=C(C)CC(NCCC)c1cccc(OC)c1. The highest BCUT2D eigenvalue weighted by atomic mass is 16.5. The molecule has 1 unspecified atom stereocenters. The third-order valence-electron chi connectivity index (χ3n) is 2.69. The Bertz CT molecular complexity index is 360. The highest BCUT2D eigenvalue weighted by molar-refractivity contribution is 5.31. The Morgan fingerprint density at radius 3 is 2.82 bits per heavy atom. The van der Waals surface area contributed by atoms with Crippen molar-refractivity contribution in [1.82, 2.24) is 5.32 Å². The van der Waals surface area contributed by atoms with E-state index in [0.29, 0.717) is 6.04 Å². The molecule has 0 radical (unpaired) electrons. The van der Waals surface area contributed by atoms with Crippen LogP contribution >= 0.6 is 0 Å². The molecule has 1 aromatic carbocycles. The van der Waals surface area contributed by atoms with Crippen LogP contribution in [0.4, 0.5) is 0 Å². The number of ether oxygens (including phenoxy) is 1. The second-order valence-electron chi connectivity index (χ2n) is 4.44. The van der Waals surface area contributed by atoms with Crippen molar-refractivity contribution in [3.63, 3.8) is 0 Å². The zero-order valence-electron chi connectivity index (χ0n) is 11.1. The van der Waals surface area contributed by atoms with Crippen molar-refractivity contribution in [2.45, 2.75) is 32.7 Å². The Morgan fingerprint density at radius 1 is 1.47 bits per heavy atom. The fourth-order valence-electron chi connectivity index (χ4n) is 1.83. The summed E-state index contributed by atoms with van der Waals surface area (Å²) in [4.78, 5) is 0. The molecule has 0 aliphatic heterocycles. The average Bonchev–Trinajstić information content (AvgIpc) is 2.34. The first-order valence-corrected chi connectivity index (χ1v) is 6.19. The van der Waals surface area contributed by atoms with Gasteiger partial charge in [0.1, 0.15) is 5.75 Å². The first-order valence-electron chi connectivity index (χ1n) is 6.19. The number of hydrogen-bond donors (Lipinski definition) is 1. The van der Waals surface area contributed by atoms with Gasteiger partial charge in [-0.05, 0) is 44.0 Å². The minimum Gasteiger partial charge on any atom is -0.497 e. The van der Waals surface area contributed by atoms with Gasteiger partial charge in [0, 0.05) is 6.04 Å². The fourth-order valence-corrected chi connectivity index (χ4v) is 1.83. The Labute approximate surface area is 105 Å². The first-order chi connectivity index (χ1) is 8.17. The number of benzene rings is 1. The van der Waals surface area contributed by atoms with E-state index in [1.807, 2.05) is 12.1 Å². The number of nitrogens with one attached hydrogen (secondary N) is 1. The zero-order valence-corrected chi connectivity index (χ0v) is 11.1. The van der Waals surface area contributed by atoms with Gasteiger partial charge in [-0.3, -0.25) is 0 Å². The maximum atomic E-state index is 5.26. The predicted molar refractivity (Wildman–Crippen MR) is 73.5 cm³/mol. The summed E-state index contributed by atoms with van der Waals surface area (Å²) < 4.78 is 5.26. The normalized spacial score (nSPS) is 12.2. The molecule has 1 atom stereocenters. The van der Waals surface area contributed by atoms with E-state index in [1.54, 1.807) is 7.11 Å². The van der Waals surface area contributed by atoms with Crippen LogP contribution in [0, 0.1) is 0 Å². The molecule has 17 heavy (non-hydrogen) atoms. The molecule has 2 nitrogen and oxygen atoms in total. The molecule has 94 valence electrons. The predicted octanol–water partition coefficient (Wildman–Crippen LogP) is 3.70. The third-order valence-corrected chi connectivity index (χ3v) is 2.69. The third kappa shape index (κ3) is 4.61. The van der Waals surface area contributed by atoms with E-state index in [2.05, 4.69) is 37.9 Å². The van der Waals surface area contributed by atoms with Gasteiger partial charge < -0.3 is 10.1 Å². The largest absolute Gasteiger partial charge is 0.497 e. The van der Waals surface area contributed by atoms with E-state index in [4.69, 9.17) is 4.74 Å². The topological polar surface area (TPSA) is 21.3 Å². The standard InChI is InChI=1S/C15H23NO/c1-5-9-16-15(10-12(2)3)13-7-6-8-14(11-13)17-4/h6-8,11,15-16H,2,5,9-10H2,1,3-4H3. The minimum atomic E-state index is 0.336.